The number of aliphatic imine (C=N–C) groups is 1. The van der Waals surface area contributed by atoms with Gasteiger partial charge in [-0.05, 0) is 43.5 Å². The van der Waals surface area contributed by atoms with Crippen LogP contribution in [0.4, 0.5) is 4.39 Å². The summed E-state index contributed by atoms with van der Waals surface area (Å²) in [4.78, 5) is 20.1. The largest absolute Gasteiger partial charge is 0.489 e. The molecule has 0 aromatic heterocycles. The number of amides is 1. The molecule has 1 amide bonds. The molecule has 2 aliphatic heterocycles. The number of allylic oxidation sites excluding steroid dienone is 2. The number of nitrogens with one attached hydrogen (secondary N) is 1. The Labute approximate surface area is 183 Å². The van der Waals surface area contributed by atoms with Gasteiger partial charge in [-0.2, -0.15) is 0 Å². The molecule has 2 fully saturated rings. The smallest absolute Gasteiger partial charge is 0.217 e. The van der Waals surface area contributed by atoms with Crippen LogP contribution in [0.3, 0.4) is 0 Å². The SMILES string of the molecule is CC(=O)NC(C)c1ccc(OC2CCN(C3=C(F)C=CCC(N(C)C4CC4)=N3)C2)cc1. The lowest BCUT2D eigenvalue weighted by Crippen LogP contribution is -2.30. The first-order valence-electron chi connectivity index (χ1n) is 11.1. The van der Waals surface area contributed by atoms with Crippen molar-refractivity contribution >= 4 is 11.7 Å². The molecule has 1 saturated heterocycles. The molecule has 0 spiro atoms. The van der Waals surface area contributed by atoms with Crippen LogP contribution >= 0.6 is 0 Å². The molecule has 0 radical (unpaired) electrons. The Morgan fingerprint density at radius 3 is 2.71 bits per heavy atom. The fourth-order valence-electron chi connectivity index (χ4n) is 4.11. The van der Waals surface area contributed by atoms with Gasteiger partial charge in [-0.3, -0.25) is 4.79 Å². The second-order valence-corrected chi connectivity index (χ2v) is 8.61. The van der Waals surface area contributed by atoms with Crippen LogP contribution in [0.5, 0.6) is 5.75 Å². The van der Waals surface area contributed by atoms with Crippen molar-refractivity contribution < 1.29 is 13.9 Å². The number of carbonyl (C=O) groups excluding carboxylic acids is 1. The van der Waals surface area contributed by atoms with Crippen LogP contribution in [0, 0.1) is 0 Å². The molecule has 3 aliphatic rings. The lowest BCUT2D eigenvalue weighted by Gasteiger charge is -2.23. The van der Waals surface area contributed by atoms with E-state index in [0.29, 0.717) is 31.4 Å². The Hall–Kier alpha value is -2.83. The number of amidine groups is 1. The summed E-state index contributed by atoms with van der Waals surface area (Å²) in [5, 5.41) is 2.88. The predicted octanol–water partition coefficient (Wildman–Crippen LogP) is 3.93. The van der Waals surface area contributed by atoms with Gasteiger partial charge in [-0.25, -0.2) is 9.38 Å². The fourth-order valence-corrected chi connectivity index (χ4v) is 4.11. The minimum Gasteiger partial charge on any atom is -0.489 e. The molecule has 2 heterocycles. The molecule has 1 N–H and O–H groups in total. The van der Waals surface area contributed by atoms with E-state index in [1.54, 1.807) is 0 Å². The number of halogens is 1. The van der Waals surface area contributed by atoms with Crippen molar-refractivity contribution in [2.24, 2.45) is 4.99 Å². The number of hydrogen-bond donors (Lipinski definition) is 1. The number of nitrogens with zero attached hydrogens (tertiary/aromatic N) is 3. The van der Waals surface area contributed by atoms with Gasteiger partial charge in [-0.1, -0.05) is 18.2 Å². The minimum atomic E-state index is -0.281. The predicted molar refractivity (Wildman–Crippen MR) is 119 cm³/mol. The Kier molecular flexibility index (Phi) is 6.30. The van der Waals surface area contributed by atoms with Crippen molar-refractivity contribution in [3.8, 4) is 5.75 Å². The van der Waals surface area contributed by atoms with Crippen LogP contribution in [-0.4, -0.2) is 53.8 Å². The molecule has 166 valence electrons. The van der Waals surface area contributed by atoms with Gasteiger partial charge in [0, 0.05) is 39.4 Å². The zero-order valence-corrected chi connectivity index (χ0v) is 18.5. The number of hydrogen-bond acceptors (Lipinski definition) is 5. The standard InChI is InChI=1S/C24H31FN4O2/c1-16(26-17(2)30)18-7-11-20(12-8-18)31-21-13-14-29(15-21)24-22(25)5-4-6-23(27-24)28(3)19-9-10-19/h4-5,7-8,11-12,16,19,21H,6,9-10,13-15H2,1-3H3,(H,26,30). The van der Waals surface area contributed by atoms with Gasteiger partial charge in [0.25, 0.3) is 0 Å². The molecule has 7 heteroatoms. The zero-order valence-electron chi connectivity index (χ0n) is 18.5. The van der Waals surface area contributed by atoms with Gasteiger partial charge in [0.1, 0.15) is 17.7 Å². The fraction of sp³-hybridized carbons (Fsp3) is 0.500. The van der Waals surface area contributed by atoms with Crippen molar-refractivity contribution in [2.45, 2.75) is 57.7 Å². The Morgan fingerprint density at radius 2 is 2.03 bits per heavy atom. The van der Waals surface area contributed by atoms with Gasteiger partial charge in [0.05, 0.1) is 12.6 Å². The first kappa shape index (κ1) is 21.4. The van der Waals surface area contributed by atoms with Crippen molar-refractivity contribution in [1.29, 1.82) is 0 Å². The number of likely N-dealkylation sites (tertiary alicyclic amines) is 1. The minimum absolute atomic E-state index is 0.0223. The highest BCUT2D eigenvalue weighted by Crippen LogP contribution is 2.30. The molecule has 2 atom stereocenters. The van der Waals surface area contributed by atoms with Crippen LogP contribution in [0.25, 0.3) is 0 Å². The van der Waals surface area contributed by atoms with E-state index in [1.165, 1.54) is 25.8 Å². The summed E-state index contributed by atoms with van der Waals surface area (Å²) in [6.45, 7) is 4.78. The quantitative estimate of drug-likeness (QED) is 0.749. The van der Waals surface area contributed by atoms with E-state index in [4.69, 9.17) is 9.73 Å². The van der Waals surface area contributed by atoms with E-state index in [0.717, 1.165) is 23.6 Å². The summed E-state index contributed by atoms with van der Waals surface area (Å²) < 4.78 is 20.9. The second kappa shape index (κ2) is 9.12. The maximum Gasteiger partial charge on any atom is 0.217 e. The molecule has 2 unspecified atom stereocenters. The highest BCUT2D eigenvalue weighted by atomic mass is 19.1. The van der Waals surface area contributed by atoms with Crippen LogP contribution in [-0.2, 0) is 4.79 Å². The lowest BCUT2D eigenvalue weighted by molar-refractivity contribution is -0.119. The number of rotatable bonds is 6. The molecule has 1 saturated carbocycles. The summed E-state index contributed by atoms with van der Waals surface area (Å²) in [5.74, 6) is 1.79. The third-order valence-electron chi connectivity index (χ3n) is 6.06. The van der Waals surface area contributed by atoms with Gasteiger partial charge in [-0.15, -0.1) is 0 Å². The van der Waals surface area contributed by atoms with Crippen LogP contribution < -0.4 is 10.1 Å². The zero-order chi connectivity index (χ0) is 22.0. The van der Waals surface area contributed by atoms with Gasteiger partial charge in [0.15, 0.2) is 11.6 Å². The first-order chi connectivity index (χ1) is 14.9. The van der Waals surface area contributed by atoms with Gasteiger partial charge < -0.3 is 19.9 Å². The summed E-state index contributed by atoms with van der Waals surface area (Å²) in [6.07, 6.45) is 7.20. The second-order valence-electron chi connectivity index (χ2n) is 8.61. The summed E-state index contributed by atoms with van der Waals surface area (Å²) in [7, 11) is 2.05. The Bertz CT molecular complexity index is 905. The molecule has 1 aromatic carbocycles. The molecule has 1 aromatic rings. The third-order valence-corrected chi connectivity index (χ3v) is 6.06. The number of ether oxygens (including phenoxy) is 1. The maximum atomic E-state index is 14.7. The van der Waals surface area contributed by atoms with E-state index in [9.17, 15) is 9.18 Å². The van der Waals surface area contributed by atoms with E-state index in [1.807, 2.05) is 42.2 Å². The first-order valence-corrected chi connectivity index (χ1v) is 11.1. The Morgan fingerprint density at radius 1 is 1.29 bits per heavy atom. The van der Waals surface area contributed by atoms with Gasteiger partial charge in [0.2, 0.25) is 5.91 Å². The third kappa shape index (κ3) is 5.27. The molecule has 31 heavy (non-hydrogen) atoms. The van der Waals surface area contributed by atoms with Crippen molar-refractivity contribution in [3.63, 3.8) is 0 Å². The molecule has 1 aliphatic carbocycles. The summed E-state index contributed by atoms with van der Waals surface area (Å²) in [5.41, 5.74) is 1.02. The topological polar surface area (TPSA) is 57.2 Å². The van der Waals surface area contributed by atoms with Crippen LogP contribution in [0.1, 0.15) is 51.1 Å². The summed E-state index contributed by atoms with van der Waals surface area (Å²) >= 11 is 0. The average Bonchev–Trinajstić information content (AvgIpc) is 3.52. The molecule has 6 nitrogen and oxygen atoms in total. The Balaban J connectivity index is 1.39. The maximum absolute atomic E-state index is 14.7. The van der Waals surface area contributed by atoms with Crippen molar-refractivity contribution in [2.75, 3.05) is 20.1 Å². The van der Waals surface area contributed by atoms with E-state index < -0.39 is 0 Å². The van der Waals surface area contributed by atoms with Crippen LogP contribution in [0.2, 0.25) is 0 Å². The molecular weight excluding hydrogens is 395 g/mol. The van der Waals surface area contributed by atoms with E-state index in [2.05, 4.69) is 17.3 Å². The van der Waals surface area contributed by atoms with Crippen molar-refractivity contribution in [3.05, 3.63) is 53.6 Å². The van der Waals surface area contributed by atoms with E-state index in [-0.39, 0.29) is 23.9 Å². The molecule has 0 bridgehead atoms. The average molecular weight is 427 g/mol. The number of carbonyl (C=O) groups is 1. The van der Waals surface area contributed by atoms with Crippen molar-refractivity contribution in [1.82, 2.24) is 15.1 Å². The summed E-state index contributed by atoms with van der Waals surface area (Å²) in [6, 6.07) is 8.26. The lowest BCUT2D eigenvalue weighted by atomic mass is 10.1. The monoisotopic (exact) mass is 426 g/mol. The molecular formula is C24H31FN4O2. The highest BCUT2D eigenvalue weighted by molar-refractivity contribution is 5.85. The van der Waals surface area contributed by atoms with Gasteiger partial charge >= 0.3 is 0 Å². The normalized spacial score (nSPS) is 22.1. The molecule has 4 rings (SSSR count). The highest BCUT2D eigenvalue weighted by Gasteiger charge is 2.31. The number of benzene rings is 1. The van der Waals surface area contributed by atoms with Crippen LogP contribution in [0.15, 0.2) is 53.1 Å². The van der Waals surface area contributed by atoms with E-state index >= 15 is 0 Å².